The van der Waals surface area contributed by atoms with Crippen LogP contribution in [0.3, 0.4) is 0 Å². The largest absolute Gasteiger partial charge is 0.496 e. The Balaban J connectivity index is 1.51. The highest BCUT2D eigenvalue weighted by molar-refractivity contribution is 9.10. The maximum atomic E-state index is 12.5. The number of oxazole rings is 1. The molecule has 1 N–H and O–H groups in total. The van der Waals surface area contributed by atoms with Crippen molar-refractivity contribution in [3.8, 4) is 17.2 Å². The zero-order valence-electron chi connectivity index (χ0n) is 17.6. The fourth-order valence-corrected chi connectivity index (χ4v) is 3.86. The van der Waals surface area contributed by atoms with Gasteiger partial charge in [-0.15, -0.1) is 0 Å². The van der Waals surface area contributed by atoms with Crippen LogP contribution in [0, 0.1) is 0 Å². The van der Waals surface area contributed by atoms with E-state index in [0.717, 1.165) is 27.6 Å². The molecule has 0 unspecified atom stereocenters. The van der Waals surface area contributed by atoms with Crippen LogP contribution in [-0.4, -0.2) is 18.0 Å². The molecule has 0 aliphatic carbocycles. The normalized spacial score (nSPS) is 12.0. The maximum Gasteiger partial charge on any atom is 0.255 e. The van der Waals surface area contributed by atoms with Gasteiger partial charge in [-0.25, -0.2) is 4.98 Å². The number of hydrogen-bond acceptors (Lipinski definition) is 4. The van der Waals surface area contributed by atoms with Gasteiger partial charge in [0.05, 0.1) is 11.6 Å². The average Bonchev–Trinajstić information content (AvgIpc) is 3.22. The molecular formula is C25H23BrN2O3. The number of carbonyl (C=O) groups is 1. The van der Waals surface area contributed by atoms with Crippen molar-refractivity contribution >= 4 is 38.6 Å². The Kier molecular flexibility index (Phi) is 6.09. The molecule has 0 aliphatic rings. The zero-order chi connectivity index (χ0) is 22.0. The number of carbonyl (C=O) groups excluding carboxylic acids is 1. The Labute approximate surface area is 189 Å². The lowest BCUT2D eigenvalue weighted by Crippen LogP contribution is -2.11. The van der Waals surface area contributed by atoms with Crippen molar-refractivity contribution in [1.29, 1.82) is 0 Å². The smallest absolute Gasteiger partial charge is 0.255 e. The van der Waals surface area contributed by atoms with Crippen LogP contribution < -0.4 is 10.1 Å². The van der Waals surface area contributed by atoms with Crippen LogP contribution in [0.4, 0.5) is 5.69 Å². The van der Waals surface area contributed by atoms with Gasteiger partial charge in [-0.2, -0.15) is 0 Å². The maximum absolute atomic E-state index is 12.5. The Hall–Kier alpha value is -3.12. The summed E-state index contributed by atoms with van der Waals surface area (Å²) in [6.07, 6.45) is 1.08. The number of nitrogens with zero attached hydrogens (tertiary/aromatic N) is 1. The van der Waals surface area contributed by atoms with Gasteiger partial charge in [0.15, 0.2) is 5.58 Å². The number of aromatic nitrogens is 1. The first-order valence-electron chi connectivity index (χ1n) is 10.1. The second-order valence-corrected chi connectivity index (χ2v) is 8.29. The van der Waals surface area contributed by atoms with Crippen molar-refractivity contribution in [2.45, 2.75) is 26.2 Å². The third kappa shape index (κ3) is 4.49. The van der Waals surface area contributed by atoms with Crippen molar-refractivity contribution < 1.29 is 13.9 Å². The van der Waals surface area contributed by atoms with Gasteiger partial charge in [0, 0.05) is 16.8 Å². The standard InChI is InChI=1S/C25H23BrN2O3/c1-4-15(2)17-7-12-23-21(14-17)28-25(31-23)16-5-9-19(10-6-16)27-24(29)18-8-11-22(30-3)20(26)13-18/h5-15H,4H2,1-3H3,(H,27,29)/t15-/m1/s1. The van der Waals surface area contributed by atoms with Crippen molar-refractivity contribution in [3.63, 3.8) is 0 Å². The summed E-state index contributed by atoms with van der Waals surface area (Å²) in [5, 5.41) is 2.90. The molecule has 6 heteroatoms. The van der Waals surface area contributed by atoms with Gasteiger partial charge >= 0.3 is 0 Å². The van der Waals surface area contributed by atoms with Gasteiger partial charge in [0.1, 0.15) is 11.3 Å². The lowest BCUT2D eigenvalue weighted by atomic mass is 9.98. The van der Waals surface area contributed by atoms with E-state index in [4.69, 9.17) is 9.15 Å². The van der Waals surface area contributed by atoms with E-state index in [-0.39, 0.29) is 5.91 Å². The number of benzene rings is 3. The Morgan fingerprint density at radius 1 is 1.13 bits per heavy atom. The molecule has 31 heavy (non-hydrogen) atoms. The Morgan fingerprint density at radius 3 is 2.58 bits per heavy atom. The summed E-state index contributed by atoms with van der Waals surface area (Å²) in [5.74, 6) is 1.53. The summed E-state index contributed by atoms with van der Waals surface area (Å²) in [6, 6.07) is 18.8. The van der Waals surface area contributed by atoms with Crippen molar-refractivity contribution in [2.24, 2.45) is 0 Å². The predicted molar refractivity (Wildman–Crippen MR) is 127 cm³/mol. The molecule has 4 aromatic rings. The van der Waals surface area contributed by atoms with Crippen LogP contribution in [0.5, 0.6) is 5.75 Å². The van der Waals surface area contributed by atoms with E-state index in [1.165, 1.54) is 5.56 Å². The van der Waals surface area contributed by atoms with E-state index in [2.05, 4.69) is 52.2 Å². The summed E-state index contributed by atoms with van der Waals surface area (Å²) in [6.45, 7) is 4.39. The van der Waals surface area contributed by atoms with Crippen LogP contribution >= 0.6 is 15.9 Å². The predicted octanol–water partition coefficient (Wildman–Crippen LogP) is 7.03. The van der Waals surface area contributed by atoms with E-state index in [0.29, 0.717) is 28.8 Å². The molecule has 1 aromatic heterocycles. The van der Waals surface area contributed by atoms with Gasteiger partial charge in [-0.3, -0.25) is 4.79 Å². The number of nitrogens with one attached hydrogen (secondary N) is 1. The molecule has 0 fully saturated rings. The van der Waals surface area contributed by atoms with Gasteiger partial charge in [0.2, 0.25) is 5.89 Å². The summed E-state index contributed by atoms with van der Waals surface area (Å²) >= 11 is 3.40. The number of methoxy groups -OCH3 is 1. The van der Waals surface area contributed by atoms with E-state index in [1.54, 1.807) is 25.3 Å². The first kappa shape index (κ1) is 21.1. The molecule has 5 nitrogen and oxygen atoms in total. The van der Waals surface area contributed by atoms with Gasteiger partial charge in [-0.05, 0) is 88.4 Å². The van der Waals surface area contributed by atoms with E-state index in [1.807, 2.05) is 30.3 Å². The molecule has 1 heterocycles. The molecule has 0 saturated carbocycles. The molecule has 158 valence electrons. The molecule has 0 saturated heterocycles. The number of hydrogen-bond donors (Lipinski definition) is 1. The van der Waals surface area contributed by atoms with E-state index in [9.17, 15) is 4.79 Å². The third-order valence-corrected chi connectivity index (χ3v) is 6.02. The summed E-state index contributed by atoms with van der Waals surface area (Å²) in [5.41, 5.74) is 4.97. The molecule has 0 aliphatic heterocycles. The van der Waals surface area contributed by atoms with Crippen LogP contribution in [0.25, 0.3) is 22.6 Å². The number of halogens is 1. The average molecular weight is 479 g/mol. The number of amides is 1. The third-order valence-electron chi connectivity index (χ3n) is 5.40. The van der Waals surface area contributed by atoms with Gasteiger partial charge in [0.25, 0.3) is 5.91 Å². The second kappa shape index (κ2) is 8.94. The molecule has 1 atom stereocenters. The second-order valence-electron chi connectivity index (χ2n) is 7.44. The Bertz CT molecular complexity index is 1230. The minimum absolute atomic E-state index is 0.199. The molecular weight excluding hydrogens is 456 g/mol. The monoisotopic (exact) mass is 478 g/mol. The lowest BCUT2D eigenvalue weighted by molar-refractivity contribution is 0.102. The molecule has 4 rings (SSSR count). The first-order valence-corrected chi connectivity index (χ1v) is 10.9. The van der Waals surface area contributed by atoms with Crippen molar-refractivity contribution in [3.05, 3.63) is 76.3 Å². The fourth-order valence-electron chi connectivity index (χ4n) is 3.32. The minimum atomic E-state index is -0.199. The van der Waals surface area contributed by atoms with Crippen LogP contribution in [0.2, 0.25) is 0 Å². The molecule has 0 spiro atoms. The quantitative estimate of drug-likeness (QED) is 0.322. The van der Waals surface area contributed by atoms with Gasteiger partial charge in [-0.1, -0.05) is 19.9 Å². The first-order chi connectivity index (χ1) is 15.0. The SMILES string of the molecule is CC[C@@H](C)c1ccc2oc(-c3ccc(NC(=O)c4ccc(OC)c(Br)c4)cc3)nc2c1. The Morgan fingerprint density at radius 2 is 1.90 bits per heavy atom. The molecule has 0 radical (unpaired) electrons. The number of ether oxygens (including phenoxy) is 1. The highest BCUT2D eigenvalue weighted by Crippen LogP contribution is 2.29. The summed E-state index contributed by atoms with van der Waals surface area (Å²) < 4.78 is 11.9. The van der Waals surface area contributed by atoms with Gasteiger partial charge < -0.3 is 14.5 Å². The number of anilines is 1. The molecule has 0 bridgehead atoms. The lowest BCUT2D eigenvalue weighted by Gasteiger charge is -2.08. The van der Waals surface area contributed by atoms with E-state index >= 15 is 0 Å². The highest BCUT2D eigenvalue weighted by atomic mass is 79.9. The van der Waals surface area contributed by atoms with E-state index < -0.39 is 0 Å². The van der Waals surface area contributed by atoms with Crippen molar-refractivity contribution in [1.82, 2.24) is 4.98 Å². The minimum Gasteiger partial charge on any atom is -0.496 e. The van der Waals surface area contributed by atoms with Crippen LogP contribution in [0.1, 0.15) is 42.1 Å². The van der Waals surface area contributed by atoms with Crippen LogP contribution in [-0.2, 0) is 0 Å². The number of rotatable bonds is 6. The fraction of sp³-hybridized carbons (Fsp3) is 0.200. The molecule has 1 amide bonds. The summed E-state index contributed by atoms with van der Waals surface area (Å²) in [4.78, 5) is 17.2. The van der Waals surface area contributed by atoms with Crippen LogP contribution in [0.15, 0.2) is 69.6 Å². The number of fused-ring (bicyclic) bond motifs is 1. The topological polar surface area (TPSA) is 64.4 Å². The highest BCUT2D eigenvalue weighted by Gasteiger charge is 2.12. The zero-order valence-corrected chi connectivity index (χ0v) is 19.2. The molecule has 3 aromatic carbocycles. The summed E-state index contributed by atoms with van der Waals surface area (Å²) in [7, 11) is 1.59. The van der Waals surface area contributed by atoms with Crippen molar-refractivity contribution in [2.75, 3.05) is 12.4 Å².